The molecule has 0 spiro atoms. The zero-order chi connectivity index (χ0) is 22.5. The zero-order valence-electron chi connectivity index (χ0n) is 18.0. The maximum atomic E-state index is 12.6. The fourth-order valence-corrected chi connectivity index (χ4v) is 3.57. The fraction of sp³-hybridized carbons (Fsp3) is 0.304. The summed E-state index contributed by atoms with van der Waals surface area (Å²) in [6.45, 7) is 3.50. The third-order valence-electron chi connectivity index (χ3n) is 5.40. The first-order chi connectivity index (χ1) is 15.5. The summed E-state index contributed by atoms with van der Waals surface area (Å²) in [7, 11) is 2.09. The van der Waals surface area contributed by atoms with E-state index in [1.54, 1.807) is 12.1 Å². The summed E-state index contributed by atoms with van der Waals surface area (Å²) >= 11 is 0. The molecule has 0 atom stereocenters. The molecule has 0 saturated carbocycles. The molecule has 9 nitrogen and oxygen atoms in total. The molecule has 1 saturated heterocycles. The minimum absolute atomic E-state index is 0.161. The number of rotatable bonds is 6. The van der Waals surface area contributed by atoms with Gasteiger partial charge in [-0.15, -0.1) is 0 Å². The van der Waals surface area contributed by atoms with E-state index in [0.717, 1.165) is 42.9 Å². The Labute approximate surface area is 186 Å². The van der Waals surface area contributed by atoms with Crippen LogP contribution in [0.4, 0.5) is 11.8 Å². The molecular weight excluding hydrogens is 408 g/mol. The number of piperazine rings is 1. The summed E-state index contributed by atoms with van der Waals surface area (Å²) < 4.78 is 5.19. The molecule has 1 aliphatic heterocycles. The SMILES string of the molecule is CN1CCN(c2nc(N)nc3cc(C(=O)NCC(=O)OCc4ccccc4)ccc23)CC1. The molecule has 1 amide bonds. The number of esters is 1. The topological polar surface area (TPSA) is 114 Å². The predicted octanol–water partition coefficient (Wildman–Crippen LogP) is 1.44. The molecule has 0 aliphatic carbocycles. The molecule has 0 unspecified atom stereocenters. The van der Waals surface area contributed by atoms with Crippen LogP contribution in [0.2, 0.25) is 0 Å². The third kappa shape index (κ3) is 5.12. The van der Waals surface area contributed by atoms with E-state index in [2.05, 4.69) is 32.1 Å². The molecule has 1 aromatic heterocycles. The van der Waals surface area contributed by atoms with Gasteiger partial charge in [-0.05, 0) is 30.8 Å². The van der Waals surface area contributed by atoms with E-state index in [4.69, 9.17) is 10.5 Å². The van der Waals surface area contributed by atoms with E-state index in [0.29, 0.717) is 11.1 Å². The molecule has 0 bridgehead atoms. The number of nitrogen functional groups attached to an aromatic ring is 1. The van der Waals surface area contributed by atoms with E-state index in [9.17, 15) is 9.59 Å². The van der Waals surface area contributed by atoms with E-state index in [1.807, 2.05) is 36.4 Å². The molecule has 4 rings (SSSR count). The minimum Gasteiger partial charge on any atom is -0.460 e. The van der Waals surface area contributed by atoms with Gasteiger partial charge in [-0.3, -0.25) is 9.59 Å². The van der Waals surface area contributed by atoms with E-state index < -0.39 is 5.97 Å². The third-order valence-corrected chi connectivity index (χ3v) is 5.40. The van der Waals surface area contributed by atoms with Gasteiger partial charge in [-0.1, -0.05) is 30.3 Å². The number of carbonyl (C=O) groups excluding carboxylic acids is 2. The molecule has 166 valence electrons. The highest BCUT2D eigenvalue weighted by molar-refractivity contribution is 6.01. The molecular formula is C23H26N6O3. The summed E-state index contributed by atoms with van der Waals surface area (Å²) in [5, 5.41) is 3.43. The lowest BCUT2D eigenvalue weighted by Crippen LogP contribution is -2.45. The Morgan fingerprint density at radius 2 is 1.81 bits per heavy atom. The number of ether oxygens (including phenoxy) is 1. The van der Waals surface area contributed by atoms with Gasteiger partial charge in [0.1, 0.15) is 19.0 Å². The average molecular weight is 435 g/mol. The van der Waals surface area contributed by atoms with Crippen molar-refractivity contribution in [2.24, 2.45) is 0 Å². The number of nitrogens with one attached hydrogen (secondary N) is 1. The van der Waals surface area contributed by atoms with Crippen LogP contribution in [0.1, 0.15) is 15.9 Å². The highest BCUT2D eigenvalue weighted by Gasteiger charge is 2.19. The fourth-order valence-electron chi connectivity index (χ4n) is 3.57. The number of likely N-dealkylation sites (N-methyl/N-ethyl adjacent to an activating group) is 1. The zero-order valence-corrected chi connectivity index (χ0v) is 18.0. The van der Waals surface area contributed by atoms with Gasteiger partial charge in [0.25, 0.3) is 5.91 Å². The molecule has 9 heteroatoms. The minimum atomic E-state index is -0.507. The second-order valence-electron chi connectivity index (χ2n) is 7.76. The van der Waals surface area contributed by atoms with E-state index >= 15 is 0 Å². The summed E-state index contributed by atoms with van der Waals surface area (Å²) in [5.41, 5.74) is 7.80. The molecule has 2 heterocycles. The van der Waals surface area contributed by atoms with E-state index in [1.165, 1.54) is 0 Å². The van der Waals surface area contributed by atoms with Crippen molar-refractivity contribution in [3.8, 4) is 0 Å². The van der Waals surface area contributed by atoms with Crippen LogP contribution >= 0.6 is 0 Å². The highest BCUT2D eigenvalue weighted by Crippen LogP contribution is 2.26. The van der Waals surface area contributed by atoms with Crippen molar-refractivity contribution >= 4 is 34.5 Å². The first-order valence-corrected chi connectivity index (χ1v) is 10.5. The van der Waals surface area contributed by atoms with Gasteiger partial charge in [0.05, 0.1) is 5.52 Å². The maximum Gasteiger partial charge on any atom is 0.325 e. The molecule has 1 aliphatic rings. The first kappa shape index (κ1) is 21.5. The monoisotopic (exact) mass is 434 g/mol. The number of carbonyl (C=O) groups is 2. The molecule has 1 fully saturated rings. The van der Waals surface area contributed by atoms with Crippen molar-refractivity contribution in [1.82, 2.24) is 20.2 Å². The molecule has 0 radical (unpaired) electrons. The second kappa shape index (κ2) is 9.61. The summed E-state index contributed by atoms with van der Waals surface area (Å²) in [6.07, 6.45) is 0. The number of nitrogens with zero attached hydrogens (tertiary/aromatic N) is 4. The number of hydrogen-bond donors (Lipinski definition) is 2. The lowest BCUT2D eigenvalue weighted by Gasteiger charge is -2.33. The van der Waals surface area contributed by atoms with Crippen LogP contribution in [0.5, 0.6) is 0 Å². The smallest absolute Gasteiger partial charge is 0.325 e. The first-order valence-electron chi connectivity index (χ1n) is 10.5. The van der Waals surface area contributed by atoms with Gasteiger partial charge in [-0.25, -0.2) is 4.98 Å². The van der Waals surface area contributed by atoms with Crippen molar-refractivity contribution in [1.29, 1.82) is 0 Å². The number of anilines is 2. The van der Waals surface area contributed by atoms with Gasteiger partial charge >= 0.3 is 5.97 Å². The van der Waals surface area contributed by atoms with Crippen LogP contribution < -0.4 is 16.0 Å². The Morgan fingerprint density at radius 1 is 1.06 bits per heavy atom. The second-order valence-corrected chi connectivity index (χ2v) is 7.76. The largest absolute Gasteiger partial charge is 0.460 e. The van der Waals surface area contributed by atoms with Crippen molar-refractivity contribution < 1.29 is 14.3 Å². The van der Waals surface area contributed by atoms with Gasteiger partial charge in [0.2, 0.25) is 5.95 Å². The van der Waals surface area contributed by atoms with Gasteiger partial charge in [-0.2, -0.15) is 4.98 Å². The highest BCUT2D eigenvalue weighted by atomic mass is 16.5. The number of amides is 1. The van der Waals surface area contributed by atoms with Gasteiger partial charge < -0.3 is 25.6 Å². The lowest BCUT2D eigenvalue weighted by atomic mass is 10.1. The molecule has 32 heavy (non-hydrogen) atoms. The van der Waals surface area contributed by atoms with Crippen LogP contribution in [-0.2, 0) is 16.1 Å². The number of fused-ring (bicyclic) bond motifs is 1. The lowest BCUT2D eigenvalue weighted by molar-refractivity contribution is -0.143. The molecule has 3 N–H and O–H groups in total. The average Bonchev–Trinajstić information content (AvgIpc) is 2.81. The van der Waals surface area contributed by atoms with Crippen LogP contribution in [0.15, 0.2) is 48.5 Å². The van der Waals surface area contributed by atoms with Crippen molar-refractivity contribution in [3.63, 3.8) is 0 Å². The Morgan fingerprint density at radius 3 is 2.56 bits per heavy atom. The number of benzene rings is 2. The predicted molar refractivity (Wildman–Crippen MR) is 122 cm³/mol. The normalized spacial score (nSPS) is 14.3. The van der Waals surface area contributed by atoms with Crippen molar-refractivity contribution in [2.45, 2.75) is 6.61 Å². The van der Waals surface area contributed by atoms with Crippen molar-refractivity contribution in [2.75, 3.05) is 50.4 Å². The standard InChI is InChI=1S/C23H26N6O3/c1-28-9-11-29(12-10-28)21-18-8-7-17(13-19(18)26-23(24)27-21)22(31)25-14-20(30)32-15-16-5-3-2-4-6-16/h2-8,13H,9-12,14-15H2,1H3,(H,25,31)(H2,24,26,27). The van der Waals surface area contributed by atoms with E-state index in [-0.39, 0.29) is 25.0 Å². The Balaban J connectivity index is 1.41. The summed E-state index contributed by atoms with van der Waals surface area (Å²) in [5.74, 6) is 0.0410. The van der Waals surface area contributed by atoms with Crippen molar-refractivity contribution in [3.05, 3.63) is 59.7 Å². The maximum absolute atomic E-state index is 12.6. The molecule has 2 aromatic carbocycles. The van der Waals surface area contributed by atoms with Crippen LogP contribution in [0, 0.1) is 0 Å². The summed E-state index contributed by atoms with van der Waals surface area (Å²) in [6, 6.07) is 14.6. The Hall–Kier alpha value is -3.72. The number of aromatic nitrogens is 2. The quantitative estimate of drug-likeness (QED) is 0.560. The Kier molecular flexibility index (Phi) is 6.46. The number of nitrogens with two attached hydrogens (primary N) is 1. The van der Waals surface area contributed by atoms with Gasteiger partial charge in [0.15, 0.2) is 0 Å². The van der Waals surface area contributed by atoms with Crippen LogP contribution in [-0.4, -0.2) is 66.5 Å². The Bertz CT molecular complexity index is 1110. The summed E-state index contributed by atoms with van der Waals surface area (Å²) in [4.78, 5) is 37.7. The van der Waals surface area contributed by atoms with Crippen LogP contribution in [0.3, 0.4) is 0 Å². The van der Waals surface area contributed by atoms with Crippen LogP contribution in [0.25, 0.3) is 10.9 Å². The van der Waals surface area contributed by atoms with Gasteiger partial charge in [0, 0.05) is 37.1 Å². The number of hydrogen-bond acceptors (Lipinski definition) is 8. The molecule has 3 aromatic rings.